The van der Waals surface area contributed by atoms with Gasteiger partial charge in [0, 0.05) is 27.9 Å². The first kappa shape index (κ1) is 36.0. The van der Waals surface area contributed by atoms with Gasteiger partial charge in [-0.3, -0.25) is 0 Å². The van der Waals surface area contributed by atoms with E-state index < -0.39 is 0 Å². The molecule has 62 heavy (non-hydrogen) atoms. The van der Waals surface area contributed by atoms with Gasteiger partial charge in [-0.15, -0.1) is 0 Å². The summed E-state index contributed by atoms with van der Waals surface area (Å²) in [6.07, 6.45) is 4.21. The highest BCUT2D eigenvalue weighted by atomic mass is 16.3. The fourth-order valence-electron chi connectivity index (χ4n) is 10.4. The van der Waals surface area contributed by atoms with E-state index in [1.807, 2.05) is 25.1 Å². The largest absolute Gasteiger partial charge is 0.453 e. The van der Waals surface area contributed by atoms with Gasteiger partial charge in [0.2, 0.25) is 0 Å². The Morgan fingerprint density at radius 1 is 0.500 bits per heavy atom. The molecular weight excluding hydrogens is 751 g/mol. The lowest BCUT2D eigenvalue weighted by Gasteiger charge is -2.30. The lowest BCUT2D eigenvalue weighted by atomic mass is 9.70. The second kappa shape index (κ2) is 14.1. The summed E-state index contributed by atoms with van der Waals surface area (Å²) in [5.41, 5.74) is 19.4. The van der Waals surface area contributed by atoms with Crippen molar-refractivity contribution in [2.24, 2.45) is 0 Å². The van der Waals surface area contributed by atoms with E-state index in [0.29, 0.717) is 0 Å². The van der Waals surface area contributed by atoms with Crippen molar-refractivity contribution in [1.29, 1.82) is 0 Å². The van der Waals surface area contributed by atoms with Crippen molar-refractivity contribution in [1.82, 2.24) is 0 Å². The molecule has 12 rings (SSSR count). The molecule has 2 heteroatoms. The summed E-state index contributed by atoms with van der Waals surface area (Å²) in [6, 6.07) is 75.1. The summed E-state index contributed by atoms with van der Waals surface area (Å²) >= 11 is 0. The molecule has 292 valence electrons. The van der Waals surface area contributed by atoms with Gasteiger partial charge in [0.25, 0.3) is 0 Å². The average molecular weight is 792 g/mol. The molecule has 1 aromatic heterocycles. The van der Waals surface area contributed by atoms with E-state index in [-0.39, 0.29) is 5.41 Å². The molecule has 0 N–H and O–H groups in total. The van der Waals surface area contributed by atoms with Crippen LogP contribution in [-0.4, -0.2) is 0 Å². The third kappa shape index (κ3) is 5.23. The number of fused-ring (bicyclic) bond motifs is 12. The normalized spacial score (nSPS) is 13.0. The lowest BCUT2D eigenvalue weighted by molar-refractivity contribution is 0.600. The van der Waals surface area contributed by atoms with Crippen molar-refractivity contribution in [2.45, 2.75) is 12.3 Å². The Bertz CT molecular complexity index is 3380. The van der Waals surface area contributed by atoms with Crippen molar-refractivity contribution in [3.63, 3.8) is 0 Å². The van der Waals surface area contributed by atoms with Gasteiger partial charge in [-0.1, -0.05) is 189 Å². The number of allylic oxidation sites excluding steroid dienone is 1. The second-order valence-electron chi connectivity index (χ2n) is 16.4. The molecule has 0 unspecified atom stereocenters. The van der Waals surface area contributed by atoms with Crippen molar-refractivity contribution >= 4 is 50.5 Å². The van der Waals surface area contributed by atoms with Gasteiger partial charge in [0.05, 0.1) is 11.1 Å². The maximum absolute atomic E-state index is 6.98. The Morgan fingerprint density at radius 2 is 1.08 bits per heavy atom. The molecule has 1 heterocycles. The first-order valence-electron chi connectivity index (χ1n) is 21.4. The van der Waals surface area contributed by atoms with Crippen LogP contribution in [0.1, 0.15) is 46.1 Å². The molecule has 2 nitrogen and oxygen atoms in total. The Hall–Kier alpha value is -7.94. The van der Waals surface area contributed by atoms with Crippen molar-refractivity contribution < 1.29 is 4.42 Å². The molecule has 0 bridgehead atoms. The van der Waals surface area contributed by atoms with Crippen LogP contribution in [0.25, 0.3) is 66.8 Å². The quantitative estimate of drug-likeness (QED) is 0.160. The highest BCUT2D eigenvalue weighted by Gasteiger charge is 2.51. The number of rotatable bonds is 7. The predicted octanol–water partition coefficient (Wildman–Crippen LogP) is 16.2. The third-order valence-electron chi connectivity index (χ3n) is 13.2. The predicted molar refractivity (Wildman–Crippen MR) is 259 cm³/mol. The first-order chi connectivity index (χ1) is 30.6. The zero-order chi connectivity index (χ0) is 41.4. The summed E-state index contributed by atoms with van der Waals surface area (Å²) < 4.78 is 6.98. The molecule has 10 aromatic rings. The van der Waals surface area contributed by atoms with Crippen LogP contribution >= 0.6 is 0 Å². The molecule has 2 aliphatic rings. The molecule has 0 amide bonds. The maximum atomic E-state index is 6.98. The minimum Gasteiger partial charge on any atom is -0.453 e. The number of nitrogens with zero attached hydrogens (tertiary/aromatic N) is 1. The van der Waals surface area contributed by atoms with Crippen LogP contribution in [0, 0.1) is 0 Å². The summed E-state index contributed by atoms with van der Waals surface area (Å²) in [5, 5.41) is 3.41. The number of para-hydroxylation sites is 1. The van der Waals surface area contributed by atoms with Crippen molar-refractivity contribution in [3.05, 3.63) is 258 Å². The Morgan fingerprint density at radius 3 is 1.76 bits per heavy atom. The summed E-state index contributed by atoms with van der Waals surface area (Å²) in [6.45, 7) is 6.58. The molecule has 1 spiro atoms. The van der Waals surface area contributed by atoms with Crippen LogP contribution in [0.3, 0.4) is 0 Å². The number of hydrogen-bond acceptors (Lipinski definition) is 2. The molecule has 9 aromatic carbocycles. The van der Waals surface area contributed by atoms with Crippen LogP contribution in [0.2, 0.25) is 0 Å². The first-order valence-corrected chi connectivity index (χ1v) is 21.4. The van der Waals surface area contributed by atoms with E-state index in [1.165, 1.54) is 60.8 Å². The van der Waals surface area contributed by atoms with E-state index in [2.05, 4.69) is 212 Å². The van der Waals surface area contributed by atoms with Gasteiger partial charge in [0.1, 0.15) is 5.76 Å². The van der Waals surface area contributed by atoms with Crippen LogP contribution in [0.4, 0.5) is 17.1 Å². The molecule has 0 radical (unpaired) electrons. The third-order valence-corrected chi connectivity index (χ3v) is 13.2. The minimum absolute atomic E-state index is 0.389. The fraction of sp³-hybridized carbons (Fsp3) is 0.0333. The van der Waals surface area contributed by atoms with E-state index in [4.69, 9.17) is 4.42 Å². The number of benzene rings is 9. The van der Waals surface area contributed by atoms with Gasteiger partial charge in [-0.25, -0.2) is 0 Å². The Balaban J connectivity index is 1.02. The molecular formula is C60H41NO. The maximum Gasteiger partial charge on any atom is 0.159 e. The van der Waals surface area contributed by atoms with Gasteiger partial charge >= 0.3 is 0 Å². The molecule has 0 fully saturated rings. The minimum atomic E-state index is -0.389. The van der Waals surface area contributed by atoms with Gasteiger partial charge < -0.3 is 9.32 Å². The molecule has 0 saturated heterocycles. The average Bonchev–Trinajstić information content (AvgIpc) is 3.96. The zero-order valence-corrected chi connectivity index (χ0v) is 34.3. The Kier molecular flexibility index (Phi) is 8.17. The zero-order valence-electron chi connectivity index (χ0n) is 34.3. The highest BCUT2D eigenvalue weighted by Crippen LogP contribution is 2.63. The molecule has 0 saturated carbocycles. The van der Waals surface area contributed by atoms with Crippen LogP contribution < -0.4 is 4.90 Å². The molecule has 2 aliphatic carbocycles. The summed E-state index contributed by atoms with van der Waals surface area (Å²) in [4.78, 5) is 2.33. The second-order valence-corrected chi connectivity index (χ2v) is 16.4. The van der Waals surface area contributed by atoms with Gasteiger partial charge in [0.15, 0.2) is 5.58 Å². The van der Waals surface area contributed by atoms with E-state index >= 15 is 0 Å². The van der Waals surface area contributed by atoms with E-state index in [9.17, 15) is 0 Å². The molecule has 0 atom stereocenters. The van der Waals surface area contributed by atoms with Crippen molar-refractivity contribution in [2.75, 3.05) is 4.90 Å². The number of anilines is 3. The van der Waals surface area contributed by atoms with E-state index in [0.717, 1.165) is 56.1 Å². The lowest BCUT2D eigenvalue weighted by Crippen LogP contribution is -2.25. The van der Waals surface area contributed by atoms with Gasteiger partial charge in [-0.2, -0.15) is 0 Å². The Labute approximate surface area is 362 Å². The SMILES string of the molecule is C=C(c1ccccc1)c1oc2c(N(c3ccc(-c4ccc5c(c4)C4(c6ccccc6-c6ccccc64)c4ccccc4-5)cc3)c3ccc4ccccc4c3)cccc2c1/C=C\C. The molecule has 0 aliphatic heterocycles. The summed E-state index contributed by atoms with van der Waals surface area (Å²) in [5.74, 6) is 0.773. The van der Waals surface area contributed by atoms with Crippen LogP contribution in [0.15, 0.2) is 223 Å². The highest BCUT2D eigenvalue weighted by molar-refractivity contribution is 6.04. The summed E-state index contributed by atoms with van der Waals surface area (Å²) in [7, 11) is 0. The number of hydrogen-bond donors (Lipinski definition) is 0. The van der Waals surface area contributed by atoms with E-state index in [1.54, 1.807) is 0 Å². The smallest absolute Gasteiger partial charge is 0.159 e. The standard InChI is InChI=1S/C60H41NO/c1-3-16-51-52-24-15-28-57(59(52)62-58(51)39(2)40-17-5-4-6-18-40)61(46-35-31-41-19-7-8-20-43(41)37-46)45-33-29-42(30-34-45)44-32-36-50-49-23-11-14-27-55(49)60(56(50)38-44)53-25-12-9-21-47(53)48-22-10-13-26-54(48)60/h3-38H,2H2,1H3/b16-3-. The topological polar surface area (TPSA) is 16.4 Å². The van der Waals surface area contributed by atoms with Gasteiger partial charge in [-0.05, 0) is 115 Å². The number of furan rings is 1. The van der Waals surface area contributed by atoms with Crippen molar-refractivity contribution in [3.8, 4) is 33.4 Å². The van der Waals surface area contributed by atoms with Crippen LogP contribution in [-0.2, 0) is 5.41 Å². The van der Waals surface area contributed by atoms with Crippen LogP contribution in [0.5, 0.6) is 0 Å². The monoisotopic (exact) mass is 791 g/mol. The fourth-order valence-corrected chi connectivity index (χ4v) is 10.4.